The molecule has 0 aliphatic heterocycles. The molecule has 0 heterocycles. The minimum absolute atomic E-state index is 0.103. The van der Waals surface area contributed by atoms with Gasteiger partial charge in [0.1, 0.15) is 0 Å². The fourth-order valence-electron chi connectivity index (χ4n) is 1.58. The first kappa shape index (κ1) is 15.2. The van der Waals surface area contributed by atoms with E-state index in [0.717, 1.165) is 12.1 Å². The summed E-state index contributed by atoms with van der Waals surface area (Å²) in [6, 6.07) is 5.03. The van der Waals surface area contributed by atoms with Crippen LogP contribution in [0.3, 0.4) is 0 Å². The molecule has 0 aliphatic rings. The molecule has 0 radical (unpaired) electrons. The van der Waals surface area contributed by atoms with Crippen LogP contribution in [-0.4, -0.2) is 5.11 Å². The van der Waals surface area contributed by atoms with Crippen molar-refractivity contribution in [3.63, 3.8) is 0 Å². The molecule has 2 N–H and O–H groups in total. The van der Waals surface area contributed by atoms with Gasteiger partial charge in [-0.1, -0.05) is 34.8 Å². The molecule has 0 saturated carbocycles. The molecule has 0 saturated heterocycles. The van der Waals surface area contributed by atoms with Crippen molar-refractivity contribution in [1.82, 2.24) is 0 Å². The lowest BCUT2D eigenvalue weighted by Gasteiger charge is -2.10. The molecule has 2 aromatic carbocycles. The van der Waals surface area contributed by atoms with E-state index in [1.54, 1.807) is 0 Å². The van der Waals surface area contributed by atoms with Gasteiger partial charge in [0.15, 0.2) is 17.4 Å². The Balaban J connectivity index is 2.19. The Hall–Kier alpha value is -1.23. The van der Waals surface area contributed by atoms with Crippen molar-refractivity contribution >= 4 is 40.5 Å². The third kappa shape index (κ3) is 3.26. The van der Waals surface area contributed by atoms with Crippen molar-refractivity contribution < 1.29 is 13.9 Å². The molecule has 20 heavy (non-hydrogen) atoms. The van der Waals surface area contributed by atoms with Gasteiger partial charge in [0.25, 0.3) is 0 Å². The molecule has 2 nitrogen and oxygen atoms in total. The van der Waals surface area contributed by atoms with Gasteiger partial charge in [-0.15, -0.1) is 0 Å². The van der Waals surface area contributed by atoms with E-state index >= 15 is 0 Å². The summed E-state index contributed by atoms with van der Waals surface area (Å²) >= 11 is 17.6. The number of benzene rings is 2. The van der Waals surface area contributed by atoms with Gasteiger partial charge in [-0.3, -0.25) is 0 Å². The van der Waals surface area contributed by atoms with Gasteiger partial charge in [0.05, 0.1) is 20.8 Å². The normalized spacial score (nSPS) is 10.7. The maximum atomic E-state index is 13.2. The average molecular weight is 339 g/mol. The van der Waals surface area contributed by atoms with Crippen LogP contribution in [0, 0.1) is 11.6 Å². The molecule has 7 heteroatoms. The van der Waals surface area contributed by atoms with Crippen molar-refractivity contribution in [2.24, 2.45) is 0 Å². The first-order valence-corrected chi connectivity index (χ1v) is 6.57. The Labute approximate surface area is 128 Å². The predicted molar refractivity (Wildman–Crippen MR) is 76.8 cm³/mol. The summed E-state index contributed by atoms with van der Waals surface area (Å²) in [6.45, 7) is 0.103. The van der Waals surface area contributed by atoms with E-state index in [-0.39, 0.29) is 6.54 Å². The smallest absolute Gasteiger partial charge is 0.187 e. The second-order valence-corrected chi connectivity index (χ2v) is 5.23. The molecule has 2 aromatic rings. The van der Waals surface area contributed by atoms with Crippen molar-refractivity contribution in [2.45, 2.75) is 6.54 Å². The second kappa shape index (κ2) is 6.04. The summed E-state index contributed by atoms with van der Waals surface area (Å²) in [5.41, 5.74) is 0.787. The minimum Gasteiger partial charge on any atom is -0.503 e. The number of aromatic hydroxyl groups is 1. The summed E-state index contributed by atoms with van der Waals surface area (Å²) in [5, 5.41) is 12.8. The Kier molecular flexibility index (Phi) is 4.58. The van der Waals surface area contributed by atoms with E-state index < -0.39 is 17.4 Å². The maximum absolute atomic E-state index is 13.2. The third-order valence-corrected chi connectivity index (χ3v) is 3.60. The van der Waals surface area contributed by atoms with E-state index in [1.807, 2.05) is 0 Å². The lowest BCUT2D eigenvalue weighted by Crippen LogP contribution is -2.01. The number of nitrogens with one attached hydrogen (secondary N) is 1. The molecule has 106 valence electrons. The Morgan fingerprint density at radius 3 is 2.05 bits per heavy atom. The molecule has 0 atom stereocenters. The number of phenols is 1. The molecular weight excluding hydrogens is 331 g/mol. The van der Waals surface area contributed by atoms with Crippen LogP contribution in [0.15, 0.2) is 24.3 Å². The van der Waals surface area contributed by atoms with Gasteiger partial charge in [-0.25, -0.2) is 8.78 Å². The lowest BCUT2D eigenvalue weighted by atomic mass is 10.2. The highest BCUT2D eigenvalue weighted by Gasteiger charge is 2.10. The van der Waals surface area contributed by atoms with E-state index in [0.29, 0.717) is 26.3 Å². The topological polar surface area (TPSA) is 32.3 Å². The Morgan fingerprint density at radius 2 is 1.45 bits per heavy atom. The highest BCUT2D eigenvalue weighted by molar-refractivity contribution is 6.44. The average Bonchev–Trinajstić information content (AvgIpc) is 2.38. The molecule has 0 bridgehead atoms. The van der Waals surface area contributed by atoms with Crippen molar-refractivity contribution in [1.29, 1.82) is 0 Å². The zero-order chi connectivity index (χ0) is 14.9. The fourth-order valence-corrected chi connectivity index (χ4v) is 2.19. The Bertz CT molecular complexity index is 641. The van der Waals surface area contributed by atoms with Crippen LogP contribution in [0.25, 0.3) is 0 Å². The molecule has 0 amide bonds. The summed E-state index contributed by atoms with van der Waals surface area (Å²) in [7, 11) is 0. The van der Waals surface area contributed by atoms with Crippen LogP contribution in [-0.2, 0) is 6.54 Å². The Morgan fingerprint density at radius 1 is 0.900 bits per heavy atom. The van der Waals surface area contributed by atoms with Gasteiger partial charge in [0, 0.05) is 6.54 Å². The second-order valence-electron chi connectivity index (χ2n) is 4.01. The minimum atomic E-state index is -1.03. The van der Waals surface area contributed by atoms with Gasteiger partial charge >= 0.3 is 0 Å². The molecule has 0 aliphatic carbocycles. The van der Waals surface area contributed by atoms with Crippen LogP contribution in [0.4, 0.5) is 14.5 Å². The molecule has 0 unspecified atom stereocenters. The summed E-state index contributed by atoms with van der Waals surface area (Å²) in [6.07, 6.45) is 0. The summed E-state index contributed by atoms with van der Waals surface area (Å²) < 4.78 is 26.4. The van der Waals surface area contributed by atoms with Crippen molar-refractivity contribution in [2.75, 3.05) is 5.32 Å². The van der Waals surface area contributed by atoms with Crippen LogP contribution in [0.5, 0.6) is 5.75 Å². The highest BCUT2D eigenvalue weighted by Crippen LogP contribution is 2.32. The van der Waals surface area contributed by atoms with Gasteiger partial charge < -0.3 is 10.4 Å². The highest BCUT2D eigenvalue weighted by atomic mass is 35.5. The number of halogens is 5. The molecule has 0 spiro atoms. The zero-order valence-corrected chi connectivity index (χ0v) is 12.1. The van der Waals surface area contributed by atoms with Crippen LogP contribution < -0.4 is 5.32 Å². The molecule has 0 fully saturated rings. The quantitative estimate of drug-likeness (QED) is 0.750. The van der Waals surface area contributed by atoms with E-state index in [9.17, 15) is 8.78 Å². The van der Waals surface area contributed by atoms with Gasteiger partial charge in [-0.05, 0) is 29.8 Å². The van der Waals surface area contributed by atoms with Gasteiger partial charge in [0.2, 0.25) is 0 Å². The van der Waals surface area contributed by atoms with Crippen LogP contribution in [0.1, 0.15) is 5.56 Å². The number of anilines is 1. The zero-order valence-electron chi connectivity index (χ0n) is 9.85. The fraction of sp³-hybridized carbons (Fsp3) is 0.0769. The standard InChI is InChI=1S/C13H8Cl3F2NO/c14-7-3-9(16)12(4-8(7)15)19-5-6-1-10(17)13(20)11(18)2-6/h1-4,19-20H,5H2. The third-order valence-electron chi connectivity index (χ3n) is 2.57. The van der Waals surface area contributed by atoms with E-state index in [1.165, 1.54) is 12.1 Å². The van der Waals surface area contributed by atoms with Crippen molar-refractivity contribution in [3.05, 3.63) is 56.5 Å². The largest absolute Gasteiger partial charge is 0.503 e. The molecular formula is C13H8Cl3F2NO. The predicted octanol–water partition coefficient (Wildman–Crippen LogP) is 5.24. The first-order valence-electron chi connectivity index (χ1n) is 5.44. The van der Waals surface area contributed by atoms with Crippen molar-refractivity contribution in [3.8, 4) is 5.75 Å². The summed E-state index contributed by atoms with van der Waals surface area (Å²) in [5.74, 6) is -3.05. The SMILES string of the molecule is Oc1c(F)cc(CNc2cc(Cl)c(Cl)cc2Cl)cc1F. The lowest BCUT2D eigenvalue weighted by molar-refractivity contribution is 0.395. The van der Waals surface area contributed by atoms with Crippen LogP contribution >= 0.6 is 34.8 Å². The van der Waals surface area contributed by atoms with E-state index in [2.05, 4.69) is 5.32 Å². The monoisotopic (exact) mass is 337 g/mol. The number of phenolic OH excluding ortho intramolecular Hbond substituents is 1. The number of hydrogen-bond donors (Lipinski definition) is 2. The molecule has 2 rings (SSSR count). The number of rotatable bonds is 3. The maximum Gasteiger partial charge on any atom is 0.187 e. The van der Waals surface area contributed by atoms with Crippen LogP contribution in [0.2, 0.25) is 15.1 Å². The molecule has 0 aromatic heterocycles. The van der Waals surface area contributed by atoms with E-state index in [4.69, 9.17) is 39.9 Å². The van der Waals surface area contributed by atoms with Gasteiger partial charge in [-0.2, -0.15) is 0 Å². The number of hydrogen-bond acceptors (Lipinski definition) is 2. The first-order chi connectivity index (χ1) is 9.38. The summed E-state index contributed by atoms with van der Waals surface area (Å²) in [4.78, 5) is 0.